The first kappa shape index (κ1) is 21.8. The monoisotopic (exact) mass is 502 g/mol. The minimum Gasteiger partial charge on any atom is -0.377 e. The van der Waals surface area contributed by atoms with Crippen LogP contribution in [0.5, 0.6) is 0 Å². The third-order valence-corrected chi connectivity index (χ3v) is 6.67. The maximum Gasteiger partial charge on any atom is 0.191 e. The second-order valence-electron chi connectivity index (χ2n) is 8.78. The Morgan fingerprint density at radius 1 is 1.29 bits per heavy atom. The van der Waals surface area contributed by atoms with Gasteiger partial charge in [-0.2, -0.15) is 0 Å². The van der Waals surface area contributed by atoms with Crippen LogP contribution < -0.4 is 10.6 Å². The van der Waals surface area contributed by atoms with E-state index in [1.54, 1.807) is 0 Å². The molecule has 0 bridgehead atoms. The van der Waals surface area contributed by atoms with E-state index >= 15 is 0 Å². The van der Waals surface area contributed by atoms with E-state index in [1.165, 1.54) is 25.1 Å². The van der Waals surface area contributed by atoms with Crippen molar-refractivity contribution in [2.75, 3.05) is 20.2 Å². The molecule has 0 aromatic carbocycles. The molecule has 1 aliphatic carbocycles. The van der Waals surface area contributed by atoms with E-state index in [-0.39, 0.29) is 29.4 Å². The summed E-state index contributed by atoms with van der Waals surface area (Å²) in [4.78, 5) is 4.43. The quantitative estimate of drug-likeness (QED) is 0.280. The number of nitrogens with one attached hydrogen (secondary N) is 2. The molecule has 0 radical (unpaired) electrons. The van der Waals surface area contributed by atoms with Gasteiger partial charge in [-0.15, -0.1) is 34.2 Å². The predicted octanol–water partition coefficient (Wildman–Crippen LogP) is 2.53. The van der Waals surface area contributed by atoms with E-state index in [9.17, 15) is 0 Å². The van der Waals surface area contributed by atoms with E-state index in [0.29, 0.717) is 18.1 Å². The number of ether oxygens (including phenoxy) is 1. The summed E-state index contributed by atoms with van der Waals surface area (Å²) in [6.45, 7) is 7.45. The smallest absolute Gasteiger partial charge is 0.191 e. The van der Waals surface area contributed by atoms with E-state index < -0.39 is 0 Å². The summed E-state index contributed by atoms with van der Waals surface area (Å²) in [5.74, 6) is 3.83. The second-order valence-corrected chi connectivity index (χ2v) is 8.78. The molecule has 28 heavy (non-hydrogen) atoms. The molecule has 1 aromatic rings. The van der Waals surface area contributed by atoms with Crippen LogP contribution in [0.3, 0.4) is 0 Å². The van der Waals surface area contributed by atoms with Crippen molar-refractivity contribution >= 4 is 29.9 Å². The predicted molar refractivity (Wildman–Crippen MR) is 121 cm³/mol. The van der Waals surface area contributed by atoms with Gasteiger partial charge in [0.25, 0.3) is 0 Å². The molecular weight excluding hydrogens is 467 g/mol. The lowest BCUT2D eigenvalue weighted by Crippen LogP contribution is -2.67. The van der Waals surface area contributed by atoms with Crippen LogP contribution in [-0.2, 0) is 24.1 Å². The summed E-state index contributed by atoms with van der Waals surface area (Å²) < 4.78 is 8.24. The van der Waals surface area contributed by atoms with Crippen molar-refractivity contribution in [3.8, 4) is 0 Å². The van der Waals surface area contributed by atoms with Gasteiger partial charge in [-0.3, -0.25) is 4.99 Å². The van der Waals surface area contributed by atoms with Crippen LogP contribution in [0.4, 0.5) is 0 Å². The zero-order chi connectivity index (χ0) is 18.9. The number of rotatable bonds is 5. The van der Waals surface area contributed by atoms with Crippen molar-refractivity contribution in [2.24, 2.45) is 16.3 Å². The molecule has 2 N–H and O–H groups in total. The summed E-state index contributed by atoms with van der Waals surface area (Å²) in [7, 11) is 1.85. The van der Waals surface area contributed by atoms with Crippen LogP contribution in [-0.4, -0.2) is 53.1 Å². The number of aliphatic imine (C=N–C) groups is 1. The molecule has 3 heterocycles. The molecule has 0 amide bonds. The van der Waals surface area contributed by atoms with Gasteiger partial charge in [0.1, 0.15) is 11.6 Å². The molecule has 1 saturated heterocycles. The van der Waals surface area contributed by atoms with Gasteiger partial charge in [0, 0.05) is 57.0 Å². The maximum atomic E-state index is 5.89. The molecule has 3 unspecified atom stereocenters. The fourth-order valence-electron chi connectivity index (χ4n) is 5.14. The van der Waals surface area contributed by atoms with Crippen LogP contribution in [0.25, 0.3) is 0 Å². The third-order valence-electron chi connectivity index (χ3n) is 6.67. The van der Waals surface area contributed by atoms with Crippen LogP contribution in [0.2, 0.25) is 0 Å². The highest BCUT2D eigenvalue weighted by molar-refractivity contribution is 14.0. The summed E-state index contributed by atoms with van der Waals surface area (Å²) >= 11 is 0. The summed E-state index contributed by atoms with van der Waals surface area (Å²) in [5, 5.41) is 15.9. The number of fused-ring (bicyclic) bond motifs is 2. The number of nitrogens with zero attached hydrogens (tertiary/aromatic N) is 4. The highest BCUT2D eigenvalue weighted by Crippen LogP contribution is 2.52. The molecule has 7 nitrogen and oxygen atoms in total. The number of hydrogen-bond donors (Lipinski definition) is 2. The van der Waals surface area contributed by atoms with Gasteiger partial charge in [0.05, 0.1) is 6.10 Å². The van der Waals surface area contributed by atoms with Gasteiger partial charge in [-0.05, 0) is 25.7 Å². The molecule has 2 fully saturated rings. The summed E-state index contributed by atoms with van der Waals surface area (Å²) in [6, 6.07) is 0.434. The molecule has 1 aromatic heterocycles. The van der Waals surface area contributed by atoms with Crippen molar-refractivity contribution in [3.63, 3.8) is 0 Å². The summed E-state index contributed by atoms with van der Waals surface area (Å²) in [6.07, 6.45) is 8.41. The Morgan fingerprint density at radius 3 is 2.96 bits per heavy atom. The normalized spacial score (nSPS) is 28.4. The Hall–Kier alpha value is -0.900. The lowest BCUT2D eigenvalue weighted by Gasteiger charge is -2.54. The van der Waals surface area contributed by atoms with Crippen molar-refractivity contribution in [1.29, 1.82) is 0 Å². The number of aromatic nitrogens is 3. The van der Waals surface area contributed by atoms with Gasteiger partial charge < -0.3 is 19.9 Å². The zero-order valence-electron chi connectivity index (χ0n) is 17.4. The average Bonchev–Trinajstić information content (AvgIpc) is 3.20. The number of halogens is 1. The van der Waals surface area contributed by atoms with Gasteiger partial charge in [0.15, 0.2) is 5.96 Å². The first-order valence-corrected chi connectivity index (χ1v) is 10.6. The molecule has 3 atom stereocenters. The minimum atomic E-state index is 0. The number of hydrogen-bond acceptors (Lipinski definition) is 4. The van der Waals surface area contributed by atoms with Crippen molar-refractivity contribution < 1.29 is 4.74 Å². The average molecular weight is 502 g/mol. The Labute approximate surface area is 185 Å². The number of guanidine groups is 1. The number of aryl methyl sites for hydroxylation is 2. The SMILES string of the molecule is CN=C(NCCCc1nnc2n1CCCCC2)NC1C2CCOC2C1(C)C.I. The summed E-state index contributed by atoms with van der Waals surface area (Å²) in [5.41, 5.74) is 0.165. The van der Waals surface area contributed by atoms with Gasteiger partial charge in [-0.1, -0.05) is 20.3 Å². The fourth-order valence-corrected chi connectivity index (χ4v) is 5.14. The molecule has 4 rings (SSSR count). The third kappa shape index (κ3) is 4.17. The van der Waals surface area contributed by atoms with Crippen molar-refractivity contribution in [3.05, 3.63) is 11.6 Å². The Balaban J connectivity index is 0.00000225. The first-order valence-electron chi connectivity index (χ1n) is 10.6. The van der Waals surface area contributed by atoms with E-state index in [2.05, 4.69) is 44.2 Å². The Kier molecular flexibility index (Phi) is 7.22. The molecule has 1 saturated carbocycles. The fraction of sp³-hybridized carbons (Fsp3) is 0.850. The van der Waals surface area contributed by atoms with Crippen LogP contribution in [0, 0.1) is 11.3 Å². The topological polar surface area (TPSA) is 76.4 Å². The van der Waals surface area contributed by atoms with Gasteiger partial charge in [-0.25, -0.2) is 0 Å². The van der Waals surface area contributed by atoms with Crippen LogP contribution in [0.15, 0.2) is 4.99 Å². The first-order chi connectivity index (χ1) is 13.1. The minimum absolute atomic E-state index is 0. The Bertz CT molecular complexity index is 688. The Morgan fingerprint density at radius 2 is 2.14 bits per heavy atom. The van der Waals surface area contributed by atoms with Crippen LogP contribution in [0.1, 0.15) is 57.6 Å². The highest BCUT2D eigenvalue weighted by Gasteiger charge is 2.59. The van der Waals surface area contributed by atoms with E-state index in [4.69, 9.17) is 4.74 Å². The lowest BCUT2D eigenvalue weighted by atomic mass is 9.57. The molecule has 0 spiro atoms. The standard InChI is InChI=1S/C20H34N6O.HI/c1-20(2)17(14-10-13-27-18(14)20)23-19(21-3)22-11-7-9-16-25-24-15-8-5-4-6-12-26(15)16;/h14,17-18H,4-13H2,1-3H3,(H2,21,22,23);1H. The van der Waals surface area contributed by atoms with Gasteiger partial charge >= 0.3 is 0 Å². The molecule has 8 heteroatoms. The van der Waals surface area contributed by atoms with Crippen molar-refractivity contribution in [1.82, 2.24) is 25.4 Å². The van der Waals surface area contributed by atoms with Crippen molar-refractivity contribution in [2.45, 2.75) is 77.5 Å². The molecular formula is C20H35IN6O. The maximum absolute atomic E-state index is 5.89. The molecule has 158 valence electrons. The highest BCUT2D eigenvalue weighted by atomic mass is 127. The molecule has 2 aliphatic heterocycles. The van der Waals surface area contributed by atoms with Gasteiger partial charge in [0.2, 0.25) is 0 Å². The van der Waals surface area contributed by atoms with E-state index in [0.717, 1.165) is 57.2 Å². The zero-order valence-corrected chi connectivity index (χ0v) is 19.7. The molecule has 3 aliphatic rings. The largest absolute Gasteiger partial charge is 0.377 e. The lowest BCUT2D eigenvalue weighted by molar-refractivity contribution is -0.106. The second kappa shape index (κ2) is 9.28. The van der Waals surface area contributed by atoms with Crippen LogP contribution >= 0.6 is 24.0 Å². The van der Waals surface area contributed by atoms with E-state index in [1.807, 2.05) is 7.05 Å².